The lowest BCUT2D eigenvalue weighted by Crippen LogP contribution is -2.32. The number of aromatic nitrogens is 2. The van der Waals surface area contributed by atoms with E-state index in [9.17, 15) is 9.59 Å². The van der Waals surface area contributed by atoms with Gasteiger partial charge in [-0.2, -0.15) is 10.2 Å². The van der Waals surface area contributed by atoms with Crippen molar-refractivity contribution in [2.75, 3.05) is 18.0 Å². The maximum absolute atomic E-state index is 13.2. The fourth-order valence-corrected chi connectivity index (χ4v) is 4.41. The van der Waals surface area contributed by atoms with Gasteiger partial charge >= 0.3 is 0 Å². The normalized spacial score (nSPS) is 11.4. The fourth-order valence-electron chi connectivity index (χ4n) is 4.09. The summed E-state index contributed by atoms with van der Waals surface area (Å²) in [7, 11) is 0. The quantitative estimate of drug-likeness (QED) is 0.152. The number of carbonyl (C=O) groups excluding carboxylic acids is 2. The Bertz CT molecular complexity index is 1510. The third-order valence-electron chi connectivity index (χ3n) is 6.27. The Morgan fingerprint density at radius 1 is 0.950 bits per heavy atom. The maximum atomic E-state index is 13.2. The number of hydrogen-bond acceptors (Lipinski definition) is 5. The SMILES string of the molecule is CCN(CC)c1ccc(/C=C(\NC(=O)c2ccccc2)C(=O)N/N=C/c2c(C)nn(-c3ccccc3)c2Cl)cc1. The van der Waals surface area contributed by atoms with Crippen LogP contribution in [-0.4, -0.2) is 40.9 Å². The molecule has 1 heterocycles. The molecule has 4 rings (SSSR count). The molecule has 2 amide bonds. The molecule has 0 saturated heterocycles. The van der Waals surface area contributed by atoms with Crippen LogP contribution in [0.3, 0.4) is 0 Å². The van der Waals surface area contributed by atoms with Gasteiger partial charge in [0.2, 0.25) is 0 Å². The van der Waals surface area contributed by atoms with E-state index in [1.54, 1.807) is 35.0 Å². The number of nitrogens with one attached hydrogen (secondary N) is 2. The molecule has 0 unspecified atom stereocenters. The largest absolute Gasteiger partial charge is 0.372 e. The highest BCUT2D eigenvalue weighted by molar-refractivity contribution is 6.32. The first-order chi connectivity index (χ1) is 19.4. The van der Waals surface area contributed by atoms with E-state index in [0.29, 0.717) is 22.0 Å². The first-order valence-corrected chi connectivity index (χ1v) is 13.4. The van der Waals surface area contributed by atoms with E-state index in [1.165, 1.54) is 6.21 Å². The van der Waals surface area contributed by atoms with E-state index in [0.717, 1.165) is 30.0 Å². The van der Waals surface area contributed by atoms with Gasteiger partial charge in [0.05, 0.1) is 23.2 Å². The van der Waals surface area contributed by atoms with Crippen LogP contribution in [0.25, 0.3) is 11.8 Å². The summed E-state index contributed by atoms with van der Waals surface area (Å²) >= 11 is 6.57. The fraction of sp³-hybridized carbons (Fsp3) is 0.161. The molecule has 0 fully saturated rings. The highest BCUT2D eigenvalue weighted by atomic mass is 35.5. The molecular weight excluding hydrogens is 524 g/mol. The first kappa shape index (κ1) is 28.3. The average molecular weight is 555 g/mol. The van der Waals surface area contributed by atoms with Crippen molar-refractivity contribution in [3.63, 3.8) is 0 Å². The van der Waals surface area contributed by atoms with E-state index in [-0.39, 0.29) is 5.70 Å². The zero-order valence-corrected chi connectivity index (χ0v) is 23.4. The number of aryl methyl sites for hydroxylation is 1. The summed E-state index contributed by atoms with van der Waals surface area (Å²) in [6.07, 6.45) is 3.06. The molecule has 3 aromatic carbocycles. The van der Waals surface area contributed by atoms with Crippen molar-refractivity contribution in [2.45, 2.75) is 20.8 Å². The number of halogens is 1. The Kier molecular flexibility index (Phi) is 9.48. The van der Waals surface area contributed by atoms with Gasteiger partial charge < -0.3 is 10.2 Å². The van der Waals surface area contributed by atoms with Crippen molar-refractivity contribution in [3.8, 4) is 5.69 Å². The van der Waals surface area contributed by atoms with Gasteiger partial charge in [0.1, 0.15) is 10.9 Å². The van der Waals surface area contributed by atoms with Crippen LogP contribution in [0.2, 0.25) is 5.15 Å². The number of hydrogen-bond donors (Lipinski definition) is 2. The van der Waals surface area contributed by atoms with Crippen LogP contribution in [0.4, 0.5) is 5.69 Å². The van der Waals surface area contributed by atoms with Crippen LogP contribution < -0.4 is 15.6 Å². The van der Waals surface area contributed by atoms with Crippen LogP contribution in [-0.2, 0) is 4.79 Å². The highest BCUT2D eigenvalue weighted by Gasteiger charge is 2.16. The maximum Gasteiger partial charge on any atom is 0.287 e. The van der Waals surface area contributed by atoms with Gasteiger partial charge in [0.25, 0.3) is 11.8 Å². The number of hydrazone groups is 1. The molecule has 0 aliphatic carbocycles. The molecule has 0 radical (unpaired) electrons. The van der Waals surface area contributed by atoms with Crippen LogP contribution in [0.15, 0.2) is 95.7 Å². The summed E-state index contributed by atoms with van der Waals surface area (Å²) < 4.78 is 1.60. The standard InChI is InChI=1S/C31H31ClN6O2/c1-4-37(5-2)25-18-16-23(17-19-25)20-28(34-30(39)24-12-8-6-9-13-24)31(40)35-33-21-27-22(3)36-38(29(27)32)26-14-10-7-11-15-26/h6-21H,4-5H2,1-3H3,(H,34,39)(H,35,40)/b28-20-,33-21+. The lowest BCUT2D eigenvalue weighted by molar-refractivity contribution is -0.117. The third-order valence-corrected chi connectivity index (χ3v) is 6.63. The van der Waals surface area contributed by atoms with Gasteiger partial charge in [-0.3, -0.25) is 9.59 Å². The van der Waals surface area contributed by atoms with Gasteiger partial charge in [-0.25, -0.2) is 10.1 Å². The van der Waals surface area contributed by atoms with E-state index in [1.807, 2.05) is 67.6 Å². The van der Waals surface area contributed by atoms with Crippen LogP contribution in [0.5, 0.6) is 0 Å². The molecule has 4 aromatic rings. The monoisotopic (exact) mass is 554 g/mol. The van der Waals surface area contributed by atoms with Gasteiger partial charge in [-0.1, -0.05) is 60.1 Å². The minimum absolute atomic E-state index is 0.0457. The number of amides is 2. The Morgan fingerprint density at radius 2 is 1.57 bits per heavy atom. The summed E-state index contributed by atoms with van der Waals surface area (Å²) in [5.41, 5.74) is 6.83. The Morgan fingerprint density at radius 3 is 2.20 bits per heavy atom. The topological polar surface area (TPSA) is 91.6 Å². The summed E-state index contributed by atoms with van der Waals surface area (Å²) in [5, 5.41) is 11.7. The van der Waals surface area contributed by atoms with Crippen molar-refractivity contribution in [2.24, 2.45) is 5.10 Å². The minimum atomic E-state index is -0.586. The number of benzene rings is 3. The second kappa shape index (κ2) is 13.4. The summed E-state index contributed by atoms with van der Waals surface area (Å²) in [6, 6.07) is 26.0. The molecule has 0 aliphatic heterocycles. The summed E-state index contributed by atoms with van der Waals surface area (Å²) in [5.74, 6) is -0.994. The highest BCUT2D eigenvalue weighted by Crippen LogP contribution is 2.22. The van der Waals surface area contributed by atoms with Crippen molar-refractivity contribution in [1.29, 1.82) is 0 Å². The molecule has 0 atom stereocenters. The Hall–Kier alpha value is -4.69. The number of rotatable bonds is 10. The van der Waals surface area contributed by atoms with Crippen molar-refractivity contribution >= 4 is 41.4 Å². The molecule has 9 heteroatoms. The first-order valence-electron chi connectivity index (χ1n) is 13.0. The van der Waals surface area contributed by atoms with Crippen molar-refractivity contribution in [3.05, 3.63) is 118 Å². The van der Waals surface area contributed by atoms with Gasteiger partial charge in [-0.05, 0) is 68.8 Å². The average Bonchev–Trinajstić information content (AvgIpc) is 3.27. The van der Waals surface area contributed by atoms with Gasteiger partial charge in [0, 0.05) is 24.3 Å². The number of carbonyl (C=O) groups is 2. The lowest BCUT2D eigenvalue weighted by atomic mass is 10.1. The second-order valence-electron chi connectivity index (χ2n) is 8.88. The van der Waals surface area contributed by atoms with Crippen molar-refractivity contribution < 1.29 is 9.59 Å². The number of nitrogens with zero attached hydrogens (tertiary/aromatic N) is 4. The molecular formula is C31H31ClN6O2. The van der Waals surface area contributed by atoms with E-state index < -0.39 is 11.8 Å². The number of para-hydroxylation sites is 1. The smallest absolute Gasteiger partial charge is 0.287 e. The zero-order chi connectivity index (χ0) is 28.5. The predicted octanol–water partition coefficient (Wildman–Crippen LogP) is 5.60. The van der Waals surface area contributed by atoms with Crippen LogP contribution in [0.1, 0.15) is 41.0 Å². The van der Waals surface area contributed by atoms with E-state index >= 15 is 0 Å². The molecule has 2 N–H and O–H groups in total. The van der Waals surface area contributed by atoms with Crippen LogP contribution >= 0.6 is 11.6 Å². The minimum Gasteiger partial charge on any atom is -0.372 e. The molecule has 0 saturated carbocycles. The zero-order valence-electron chi connectivity index (χ0n) is 22.6. The van der Waals surface area contributed by atoms with E-state index in [4.69, 9.17) is 11.6 Å². The molecule has 8 nitrogen and oxygen atoms in total. The number of anilines is 1. The molecule has 0 spiro atoms. The lowest BCUT2D eigenvalue weighted by Gasteiger charge is -2.20. The van der Waals surface area contributed by atoms with Gasteiger partial charge in [-0.15, -0.1) is 0 Å². The molecule has 204 valence electrons. The van der Waals surface area contributed by atoms with Gasteiger partial charge in [0.15, 0.2) is 0 Å². The summed E-state index contributed by atoms with van der Waals surface area (Å²) in [6.45, 7) is 7.78. The Balaban J connectivity index is 1.56. The second-order valence-corrected chi connectivity index (χ2v) is 9.24. The predicted molar refractivity (Wildman–Crippen MR) is 161 cm³/mol. The molecule has 40 heavy (non-hydrogen) atoms. The summed E-state index contributed by atoms with van der Waals surface area (Å²) in [4.78, 5) is 28.3. The molecule has 1 aromatic heterocycles. The molecule has 0 aliphatic rings. The van der Waals surface area contributed by atoms with E-state index in [2.05, 4.69) is 39.7 Å². The third kappa shape index (κ3) is 6.84. The van der Waals surface area contributed by atoms with Crippen LogP contribution in [0, 0.1) is 6.92 Å². The Labute approximate surface area is 239 Å². The molecule has 0 bridgehead atoms. The van der Waals surface area contributed by atoms with Crippen molar-refractivity contribution in [1.82, 2.24) is 20.5 Å².